The Kier molecular flexibility index (Phi) is 5.66. The molecule has 1 aliphatic rings. The molecule has 1 unspecified atom stereocenters. The van der Waals surface area contributed by atoms with E-state index in [-0.39, 0.29) is 17.9 Å². The molecule has 1 aromatic heterocycles. The minimum atomic E-state index is -0.198. The van der Waals surface area contributed by atoms with Gasteiger partial charge in [-0.2, -0.15) is 0 Å². The van der Waals surface area contributed by atoms with Crippen molar-refractivity contribution in [1.82, 2.24) is 15.2 Å². The molecule has 1 aliphatic heterocycles. The van der Waals surface area contributed by atoms with Gasteiger partial charge in [0, 0.05) is 42.5 Å². The average molecular weight is 358 g/mol. The normalized spacial score (nSPS) is 16.7. The number of likely N-dealkylation sites (tertiary alicyclic amines) is 1. The van der Waals surface area contributed by atoms with Crippen LogP contribution in [0.5, 0.6) is 0 Å². The van der Waals surface area contributed by atoms with Crippen LogP contribution in [0.1, 0.15) is 41.2 Å². The smallest absolute Gasteiger partial charge is 0.251 e. The van der Waals surface area contributed by atoms with E-state index in [9.17, 15) is 9.59 Å². The van der Waals surface area contributed by atoms with Gasteiger partial charge < -0.3 is 10.2 Å². The van der Waals surface area contributed by atoms with E-state index >= 15 is 0 Å². The molecule has 3 rings (SSSR count). The van der Waals surface area contributed by atoms with Gasteiger partial charge in [-0.25, -0.2) is 0 Å². The Hall–Kier alpha value is -2.40. The standard InChI is InChI=1S/C19H20ClN3O2/c20-16-5-3-15(4-6-16)19(25)22-12-9-18(24)23-13-1-2-17(23)14-7-10-21-11-8-14/h3-8,10-11,17H,1-2,9,12-13H2,(H,22,25). The molecule has 1 saturated heterocycles. The van der Waals surface area contributed by atoms with Crippen molar-refractivity contribution in [2.75, 3.05) is 13.1 Å². The van der Waals surface area contributed by atoms with E-state index in [0.29, 0.717) is 23.6 Å². The number of hydrogen-bond acceptors (Lipinski definition) is 3. The summed E-state index contributed by atoms with van der Waals surface area (Å²) in [7, 11) is 0. The first-order valence-corrected chi connectivity index (χ1v) is 8.76. The van der Waals surface area contributed by atoms with Crippen molar-refractivity contribution in [2.24, 2.45) is 0 Å². The van der Waals surface area contributed by atoms with E-state index in [1.165, 1.54) is 0 Å². The van der Waals surface area contributed by atoms with Crippen LogP contribution in [-0.2, 0) is 4.79 Å². The van der Waals surface area contributed by atoms with Crippen LogP contribution >= 0.6 is 11.6 Å². The van der Waals surface area contributed by atoms with E-state index < -0.39 is 0 Å². The fraction of sp³-hybridized carbons (Fsp3) is 0.316. The highest BCUT2D eigenvalue weighted by Gasteiger charge is 2.29. The zero-order chi connectivity index (χ0) is 17.6. The van der Waals surface area contributed by atoms with Crippen LogP contribution in [-0.4, -0.2) is 34.8 Å². The second-order valence-corrected chi connectivity index (χ2v) is 6.47. The summed E-state index contributed by atoms with van der Waals surface area (Å²) in [6, 6.07) is 10.7. The molecule has 25 heavy (non-hydrogen) atoms. The zero-order valence-corrected chi connectivity index (χ0v) is 14.6. The number of halogens is 1. The number of nitrogens with one attached hydrogen (secondary N) is 1. The van der Waals surface area contributed by atoms with Crippen molar-refractivity contribution in [2.45, 2.75) is 25.3 Å². The molecule has 6 heteroatoms. The molecular formula is C19H20ClN3O2. The lowest BCUT2D eigenvalue weighted by Crippen LogP contribution is -2.34. The fourth-order valence-corrected chi connectivity index (χ4v) is 3.25. The average Bonchev–Trinajstić information content (AvgIpc) is 3.13. The molecule has 1 aromatic carbocycles. The van der Waals surface area contributed by atoms with Crippen molar-refractivity contribution < 1.29 is 9.59 Å². The van der Waals surface area contributed by atoms with Gasteiger partial charge in [-0.3, -0.25) is 14.6 Å². The zero-order valence-electron chi connectivity index (χ0n) is 13.8. The molecule has 1 fully saturated rings. The molecule has 0 spiro atoms. The van der Waals surface area contributed by atoms with E-state index in [1.807, 2.05) is 17.0 Å². The Labute approximate surface area is 152 Å². The predicted molar refractivity (Wildman–Crippen MR) is 96.3 cm³/mol. The quantitative estimate of drug-likeness (QED) is 0.893. The Balaban J connectivity index is 1.52. The number of nitrogens with zero attached hydrogens (tertiary/aromatic N) is 2. The van der Waals surface area contributed by atoms with Crippen LogP contribution in [0.2, 0.25) is 5.02 Å². The Bertz CT molecular complexity index is 734. The summed E-state index contributed by atoms with van der Waals surface area (Å²) in [6.07, 6.45) is 5.76. The highest BCUT2D eigenvalue weighted by atomic mass is 35.5. The van der Waals surface area contributed by atoms with Gasteiger partial charge in [-0.15, -0.1) is 0 Å². The van der Waals surface area contributed by atoms with Gasteiger partial charge in [-0.05, 0) is 54.8 Å². The van der Waals surface area contributed by atoms with Crippen LogP contribution in [0.15, 0.2) is 48.8 Å². The Morgan fingerprint density at radius 2 is 1.88 bits per heavy atom. The summed E-state index contributed by atoms with van der Waals surface area (Å²) in [5, 5.41) is 3.37. The first-order valence-electron chi connectivity index (χ1n) is 8.38. The summed E-state index contributed by atoms with van der Waals surface area (Å²) in [5.74, 6) is -0.132. The summed E-state index contributed by atoms with van der Waals surface area (Å²) in [6.45, 7) is 1.08. The third-order valence-electron chi connectivity index (χ3n) is 4.39. The maximum atomic E-state index is 12.5. The molecule has 0 aliphatic carbocycles. The maximum absolute atomic E-state index is 12.5. The second-order valence-electron chi connectivity index (χ2n) is 6.04. The molecule has 0 bridgehead atoms. The van der Waals surface area contributed by atoms with Crippen molar-refractivity contribution in [3.05, 3.63) is 64.9 Å². The number of carbonyl (C=O) groups excluding carboxylic acids is 2. The third kappa shape index (κ3) is 4.37. The molecular weight excluding hydrogens is 338 g/mol. The fourth-order valence-electron chi connectivity index (χ4n) is 3.13. The summed E-state index contributed by atoms with van der Waals surface area (Å²) in [4.78, 5) is 30.5. The molecule has 2 heterocycles. The lowest BCUT2D eigenvalue weighted by Gasteiger charge is -2.25. The molecule has 2 aromatic rings. The van der Waals surface area contributed by atoms with Crippen molar-refractivity contribution >= 4 is 23.4 Å². The molecule has 5 nitrogen and oxygen atoms in total. The number of carbonyl (C=O) groups is 2. The van der Waals surface area contributed by atoms with Crippen LogP contribution in [0.4, 0.5) is 0 Å². The Morgan fingerprint density at radius 1 is 1.16 bits per heavy atom. The van der Waals surface area contributed by atoms with Crippen LogP contribution < -0.4 is 5.32 Å². The van der Waals surface area contributed by atoms with Crippen molar-refractivity contribution in [1.29, 1.82) is 0 Å². The van der Waals surface area contributed by atoms with E-state index in [0.717, 1.165) is 24.9 Å². The van der Waals surface area contributed by atoms with Crippen molar-refractivity contribution in [3.8, 4) is 0 Å². The van der Waals surface area contributed by atoms with Gasteiger partial charge in [0.2, 0.25) is 5.91 Å². The van der Waals surface area contributed by atoms with Gasteiger partial charge in [0.1, 0.15) is 0 Å². The topological polar surface area (TPSA) is 62.3 Å². The van der Waals surface area contributed by atoms with E-state index in [4.69, 9.17) is 11.6 Å². The molecule has 1 N–H and O–H groups in total. The maximum Gasteiger partial charge on any atom is 0.251 e. The third-order valence-corrected chi connectivity index (χ3v) is 4.65. The van der Waals surface area contributed by atoms with E-state index in [2.05, 4.69) is 10.3 Å². The Morgan fingerprint density at radius 3 is 2.60 bits per heavy atom. The number of benzene rings is 1. The molecule has 0 radical (unpaired) electrons. The highest BCUT2D eigenvalue weighted by molar-refractivity contribution is 6.30. The monoisotopic (exact) mass is 357 g/mol. The largest absolute Gasteiger partial charge is 0.352 e. The van der Waals surface area contributed by atoms with E-state index in [1.54, 1.807) is 36.7 Å². The number of aromatic nitrogens is 1. The van der Waals surface area contributed by atoms with Gasteiger partial charge in [0.05, 0.1) is 6.04 Å². The number of rotatable bonds is 5. The van der Waals surface area contributed by atoms with Gasteiger partial charge in [-0.1, -0.05) is 11.6 Å². The van der Waals surface area contributed by atoms with Crippen LogP contribution in [0.3, 0.4) is 0 Å². The molecule has 0 saturated carbocycles. The second kappa shape index (κ2) is 8.12. The predicted octanol–water partition coefficient (Wildman–Crippen LogP) is 3.22. The first-order chi connectivity index (χ1) is 12.1. The lowest BCUT2D eigenvalue weighted by molar-refractivity contribution is -0.132. The SMILES string of the molecule is O=C(NCCC(=O)N1CCCC1c1ccncc1)c1ccc(Cl)cc1. The molecule has 1 atom stereocenters. The number of pyridine rings is 1. The van der Waals surface area contributed by atoms with Gasteiger partial charge in [0.25, 0.3) is 5.91 Å². The first kappa shape index (κ1) is 17.4. The van der Waals surface area contributed by atoms with Gasteiger partial charge >= 0.3 is 0 Å². The number of hydrogen-bond donors (Lipinski definition) is 1. The molecule has 130 valence electrons. The summed E-state index contributed by atoms with van der Waals surface area (Å²) >= 11 is 5.81. The van der Waals surface area contributed by atoms with Gasteiger partial charge in [0.15, 0.2) is 0 Å². The number of amides is 2. The minimum absolute atomic E-state index is 0.0655. The van der Waals surface area contributed by atoms with Crippen molar-refractivity contribution in [3.63, 3.8) is 0 Å². The van der Waals surface area contributed by atoms with Crippen LogP contribution in [0.25, 0.3) is 0 Å². The minimum Gasteiger partial charge on any atom is -0.352 e. The summed E-state index contributed by atoms with van der Waals surface area (Å²) < 4.78 is 0. The highest BCUT2D eigenvalue weighted by Crippen LogP contribution is 2.31. The molecule has 2 amide bonds. The lowest BCUT2D eigenvalue weighted by atomic mass is 10.1. The summed E-state index contributed by atoms with van der Waals surface area (Å²) in [5.41, 5.74) is 1.65. The van der Waals surface area contributed by atoms with Crippen LogP contribution in [0, 0.1) is 0 Å².